The van der Waals surface area contributed by atoms with Crippen molar-refractivity contribution in [1.82, 2.24) is 14.9 Å². The predicted octanol–water partition coefficient (Wildman–Crippen LogP) is 3.85. The average Bonchev–Trinajstić information content (AvgIpc) is 2.72. The van der Waals surface area contributed by atoms with Gasteiger partial charge in [0.15, 0.2) is 0 Å². The number of hydrogen-bond acceptors (Lipinski definition) is 4. The standard InChI is InChI=1S/C22H23N3O2/c26-22(27)20-6-2-4-12-25(20)21(14-19-5-1-3-10-24-19)17-7-8-18-15-23-11-9-16(18)13-17/h1,3,5,7-11,13,15,20-21H,2,4,6,12,14H2,(H,26,27). The van der Waals surface area contributed by atoms with Gasteiger partial charge in [-0.1, -0.05) is 24.6 Å². The summed E-state index contributed by atoms with van der Waals surface area (Å²) in [4.78, 5) is 22.7. The maximum Gasteiger partial charge on any atom is 0.320 e. The summed E-state index contributed by atoms with van der Waals surface area (Å²) >= 11 is 0. The third kappa shape index (κ3) is 3.83. The first-order valence-electron chi connectivity index (χ1n) is 9.44. The molecule has 27 heavy (non-hydrogen) atoms. The Morgan fingerprint density at radius 1 is 1.15 bits per heavy atom. The number of hydrogen-bond donors (Lipinski definition) is 1. The smallest absolute Gasteiger partial charge is 0.320 e. The van der Waals surface area contributed by atoms with Crippen LogP contribution >= 0.6 is 0 Å². The minimum absolute atomic E-state index is 0.0149. The molecule has 4 rings (SSSR count). The molecule has 0 spiro atoms. The topological polar surface area (TPSA) is 66.3 Å². The number of aliphatic carboxylic acids is 1. The van der Waals surface area contributed by atoms with E-state index in [1.165, 1.54) is 0 Å². The quantitative estimate of drug-likeness (QED) is 0.748. The second kappa shape index (κ2) is 7.84. The van der Waals surface area contributed by atoms with Gasteiger partial charge in [0.2, 0.25) is 0 Å². The van der Waals surface area contributed by atoms with Crippen molar-refractivity contribution in [2.45, 2.75) is 37.8 Å². The van der Waals surface area contributed by atoms with Crippen LogP contribution in [0.5, 0.6) is 0 Å². The largest absolute Gasteiger partial charge is 0.480 e. The second-order valence-electron chi connectivity index (χ2n) is 7.11. The summed E-state index contributed by atoms with van der Waals surface area (Å²) < 4.78 is 0. The minimum Gasteiger partial charge on any atom is -0.480 e. The van der Waals surface area contributed by atoms with Gasteiger partial charge in [-0.25, -0.2) is 0 Å². The zero-order chi connectivity index (χ0) is 18.6. The lowest BCUT2D eigenvalue weighted by Crippen LogP contribution is -2.47. The van der Waals surface area contributed by atoms with Crippen LogP contribution in [0.15, 0.2) is 61.1 Å². The maximum atomic E-state index is 11.9. The van der Waals surface area contributed by atoms with Crippen molar-refractivity contribution in [2.75, 3.05) is 6.54 Å². The van der Waals surface area contributed by atoms with Crippen LogP contribution in [0.2, 0.25) is 0 Å². The number of carboxylic acids is 1. The van der Waals surface area contributed by atoms with Crippen molar-refractivity contribution in [3.63, 3.8) is 0 Å². The van der Waals surface area contributed by atoms with Crippen molar-refractivity contribution in [3.8, 4) is 0 Å². The fourth-order valence-corrected chi connectivity index (χ4v) is 4.04. The summed E-state index contributed by atoms with van der Waals surface area (Å²) in [5, 5.41) is 12.0. The van der Waals surface area contributed by atoms with E-state index in [0.29, 0.717) is 12.8 Å². The van der Waals surface area contributed by atoms with Gasteiger partial charge in [0.25, 0.3) is 0 Å². The molecule has 0 aliphatic carbocycles. The van der Waals surface area contributed by atoms with E-state index in [1.807, 2.05) is 30.5 Å². The van der Waals surface area contributed by atoms with E-state index in [9.17, 15) is 9.90 Å². The van der Waals surface area contributed by atoms with Crippen LogP contribution in [0.4, 0.5) is 0 Å². The summed E-state index contributed by atoms with van der Waals surface area (Å²) in [6, 6.07) is 13.8. The number of aromatic nitrogens is 2. The van der Waals surface area contributed by atoms with Gasteiger partial charge in [0, 0.05) is 42.1 Å². The number of fused-ring (bicyclic) bond motifs is 1. The molecular weight excluding hydrogens is 338 g/mol. The molecule has 2 unspecified atom stereocenters. The van der Waals surface area contributed by atoms with E-state index in [1.54, 1.807) is 12.4 Å². The van der Waals surface area contributed by atoms with Gasteiger partial charge in [0.1, 0.15) is 6.04 Å². The highest BCUT2D eigenvalue weighted by Gasteiger charge is 2.34. The molecule has 1 saturated heterocycles. The summed E-state index contributed by atoms with van der Waals surface area (Å²) in [5.74, 6) is -0.731. The Balaban J connectivity index is 1.75. The number of nitrogens with zero attached hydrogens (tertiary/aromatic N) is 3. The summed E-state index contributed by atoms with van der Waals surface area (Å²) in [6.07, 6.45) is 8.83. The van der Waals surface area contributed by atoms with Gasteiger partial charge in [-0.05, 0) is 54.6 Å². The highest BCUT2D eigenvalue weighted by molar-refractivity contribution is 5.82. The molecule has 2 atom stereocenters. The van der Waals surface area contributed by atoms with E-state index in [4.69, 9.17) is 0 Å². The molecule has 1 aliphatic heterocycles. The Kier molecular flexibility index (Phi) is 5.12. The molecule has 5 nitrogen and oxygen atoms in total. The van der Waals surface area contributed by atoms with Gasteiger partial charge < -0.3 is 5.11 Å². The van der Waals surface area contributed by atoms with Crippen LogP contribution in [0.3, 0.4) is 0 Å². The van der Waals surface area contributed by atoms with Gasteiger partial charge in [-0.15, -0.1) is 0 Å². The first-order chi connectivity index (χ1) is 13.2. The van der Waals surface area contributed by atoms with Crippen LogP contribution in [0.1, 0.15) is 36.6 Å². The third-order valence-corrected chi connectivity index (χ3v) is 5.41. The van der Waals surface area contributed by atoms with E-state index in [2.05, 4.69) is 33.1 Å². The molecule has 3 heterocycles. The number of rotatable bonds is 5. The monoisotopic (exact) mass is 361 g/mol. The first kappa shape index (κ1) is 17.6. The fourth-order valence-electron chi connectivity index (χ4n) is 4.04. The Morgan fingerprint density at radius 3 is 2.89 bits per heavy atom. The van der Waals surface area contributed by atoms with Gasteiger partial charge in [-0.3, -0.25) is 19.7 Å². The number of piperidine rings is 1. The lowest BCUT2D eigenvalue weighted by Gasteiger charge is -2.39. The summed E-state index contributed by atoms with van der Waals surface area (Å²) in [6.45, 7) is 0.794. The second-order valence-corrected chi connectivity index (χ2v) is 7.11. The molecule has 0 radical (unpaired) electrons. The molecular formula is C22H23N3O2. The number of carboxylic acid groups (broad SMARTS) is 1. The SMILES string of the molecule is O=C(O)C1CCCCN1C(Cc1ccccn1)c1ccc2cnccc2c1. The first-order valence-corrected chi connectivity index (χ1v) is 9.44. The van der Waals surface area contributed by atoms with Gasteiger partial charge in [0.05, 0.1) is 0 Å². The Labute approximate surface area is 158 Å². The molecule has 0 bridgehead atoms. The lowest BCUT2D eigenvalue weighted by molar-refractivity contribution is -0.146. The molecule has 3 aromatic rings. The zero-order valence-electron chi connectivity index (χ0n) is 15.2. The summed E-state index contributed by atoms with van der Waals surface area (Å²) in [7, 11) is 0. The van der Waals surface area contributed by atoms with Crippen molar-refractivity contribution in [1.29, 1.82) is 0 Å². The van der Waals surface area contributed by atoms with Crippen molar-refractivity contribution < 1.29 is 9.90 Å². The van der Waals surface area contributed by atoms with Crippen molar-refractivity contribution >= 4 is 16.7 Å². The molecule has 138 valence electrons. The van der Waals surface area contributed by atoms with Gasteiger partial charge >= 0.3 is 5.97 Å². The minimum atomic E-state index is -0.731. The molecule has 5 heteroatoms. The maximum absolute atomic E-state index is 11.9. The van der Waals surface area contributed by atoms with Crippen LogP contribution in [-0.4, -0.2) is 38.5 Å². The number of pyridine rings is 2. The average molecular weight is 361 g/mol. The molecule has 1 aromatic carbocycles. The molecule has 2 aromatic heterocycles. The predicted molar refractivity (Wildman–Crippen MR) is 104 cm³/mol. The molecule has 1 N–H and O–H groups in total. The van der Waals surface area contributed by atoms with E-state index < -0.39 is 12.0 Å². The Morgan fingerprint density at radius 2 is 2.07 bits per heavy atom. The number of benzene rings is 1. The molecule has 0 saturated carbocycles. The highest BCUT2D eigenvalue weighted by Crippen LogP contribution is 2.32. The van der Waals surface area contributed by atoms with Crippen LogP contribution in [0.25, 0.3) is 10.8 Å². The third-order valence-electron chi connectivity index (χ3n) is 5.41. The summed E-state index contributed by atoms with van der Waals surface area (Å²) in [5.41, 5.74) is 2.11. The molecule has 1 aliphatic rings. The molecule has 0 amide bonds. The highest BCUT2D eigenvalue weighted by atomic mass is 16.4. The number of likely N-dealkylation sites (tertiary alicyclic amines) is 1. The van der Waals surface area contributed by atoms with Gasteiger partial charge in [-0.2, -0.15) is 0 Å². The fraction of sp³-hybridized carbons (Fsp3) is 0.318. The van der Waals surface area contributed by atoms with Crippen LogP contribution in [-0.2, 0) is 11.2 Å². The zero-order valence-corrected chi connectivity index (χ0v) is 15.2. The van der Waals surface area contributed by atoms with Crippen molar-refractivity contribution in [3.05, 3.63) is 72.3 Å². The Bertz CT molecular complexity index is 929. The van der Waals surface area contributed by atoms with E-state index in [-0.39, 0.29) is 6.04 Å². The lowest BCUT2D eigenvalue weighted by atomic mass is 9.92. The van der Waals surface area contributed by atoms with Crippen LogP contribution < -0.4 is 0 Å². The van der Waals surface area contributed by atoms with E-state index >= 15 is 0 Å². The number of carbonyl (C=O) groups is 1. The van der Waals surface area contributed by atoms with Crippen LogP contribution in [0, 0.1) is 0 Å². The van der Waals surface area contributed by atoms with E-state index in [0.717, 1.165) is 41.4 Å². The Hall–Kier alpha value is -2.79. The molecule has 1 fully saturated rings. The van der Waals surface area contributed by atoms with Crippen molar-refractivity contribution in [2.24, 2.45) is 0 Å². The normalized spacial score (nSPS) is 19.0.